The number of benzene rings is 1. The Morgan fingerprint density at radius 3 is 1.60 bits per heavy atom. The predicted octanol–water partition coefficient (Wildman–Crippen LogP) is 8.96. The second kappa shape index (κ2) is 17.0. The molecule has 1 aromatic carbocycles. The van der Waals surface area contributed by atoms with Crippen molar-refractivity contribution < 1.29 is 0 Å². The van der Waals surface area contributed by atoms with Gasteiger partial charge in [-0.25, -0.2) is 0 Å². The fourth-order valence-corrected chi connectivity index (χ4v) is 4.40. The first-order valence-corrected chi connectivity index (χ1v) is 12.0. The highest BCUT2D eigenvalue weighted by atomic mass is 32.2. The molecule has 144 valence electrons. The van der Waals surface area contributed by atoms with Crippen LogP contribution < -0.4 is 0 Å². The third-order valence-corrected chi connectivity index (χ3v) is 6.09. The predicted molar refractivity (Wildman–Crippen MR) is 117 cm³/mol. The Hall–Kier alpha value is -0.430. The minimum absolute atomic E-state index is 1.28. The van der Waals surface area contributed by atoms with Crippen molar-refractivity contribution in [2.75, 3.05) is 5.75 Å². The highest BCUT2D eigenvalue weighted by Crippen LogP contribution is 2.21. The van der Waals surface area contributed by atoms with Gasteiger partial charge in [-0.3, -0.25) is 0 Å². The average Bonchev–Trinajstić information content (AvgIpc) is 2.61. The quantitative estimate of drug-likeness (QED) is 0.197. The van der Waals surface area contributed by atoms with E-state index in [1.807, 2.05) is 11.8 Å². The lowest BCUT2D eigenvalue weighted by Crippen LogP contribution is -1.85. The van der Waals surface area contributed by atoms with Gasteiger partial charge in [0.2, 0.25) is 0 Å². The zero-order chi connectivity index (χ0) is 18.0. The Kier molecular flexibility index (Phi) is 15.4. The van der Waals surface area contributed by atoms with Crippen LogP contribution in [-0.2, 0) is 0 Å². The Balaban J connectivity index is 1.75. The molecule has 1 rings (SSSR count). The lowest BCUT2D eigenvalue weighted by molar-refractivity contribution is 0.535. The molecule has 0 aromatic heterocycles. The third-order valence-electron chi connectivity index (χ3n) is 5.01. The standard InChI is InChI=1S/C24H42S/c1-3-4-5-6-7-8-9-10-11-12-13-14-15-16-17-21-25-24-20-18-19-23(2)22-24/h18-20,22H,3-17,21H2,1-2H3. The fourth-order valence-electron chi connectivity index (χ4n) is 3.37. The highest BCUT2D eigenvalue weighted by molar-refractivity contribution is 7.99. The Labute approximate surface area is 162 Å². The van der Waals surface area contributed by atoms with Crippen molar-refractivity contribution in [1.29, 1.82) is 0 Å². The van der Waals surface area contributed by atoms with Gasteiger partial charge in [-0.05, 0) is 31.2 Å². The molecule has 0 nitrogen and oxygen atoms in total. The normalized spacial score (nSPS) is 11.1. The van der Waals surface area contributed by atoms with E-state index in [-0.39, 0.29) is 0 Å². The topological polar surface area (TPSA) is 0 Å². The van der Waals surface area contributed by atoms with Gasteiger partial charge in [0.25, 0.3) is 0 Å². The lowest BCUT2D eigenvalue weighted by Gasteiger charge is -2.04. The van der Waals surface area contributed by atoms with Crippen molar-refractivity contribution in [1.82, 2.24) is 0 Å². The third kappa shape index (κ3) is 14.4. The molecule has 0 atom stereocenters. The maximum Gasteiger partial charge on any atom is 0.00745 e. The number of aryl methyl sites for hydroxylation is 1. The average molecular weight is 363 g/mol. The second-order valence-corrected chi connectivity index (χ2v) is 8.78. The summed E-state index contributed by atoms with van der Waals surface area (Å²) < 4.78 is 0. The highest BCUT2D eigenvalue weighted by Gasteiger charge is 1.96. The van der Waals surface area contributed by atoms with E-state index in [9.17, 15) is 0 Å². The van der Waals surface area contributed by atoms with Gasteiger partial charge in [-0.1, -0.05) is 115 Å². The van der Waals surface area contributed by atoms with E-state index in [0.717, 1.165) is 0 Å². The SMILES string of the molecule is CCCCCCCCCCCCCCCCCSc1cccc(C)c1. The molecule has 0 fully saturated rings. The largest absolute Gasteiger partial charge is 0.126 e. The monoisotopic (exact) mass is 362 g/mol. The molecule has 1 aromatic rings. The van der Waals surface area contributed by atoms with Crippen molar-refractivity contribution >= 4 is 11.8 Å². The molecule has 0 spiro atoms. The summed E-state index contributed by atoms with van der Waals surface area (Å²) in [6.07, 6.45) is 21.7. The molecule has 25 heavy (non-hydrogen) atoms. The van der Waals surface area contributed by atoms with Crippen LogP contribution in [0, 0.1) is 6.92 Å². The van der Waals surface area contributed by atoms with Gasteiger partial charge in [-0.2, -0.15) is 0 Å². The molecule has 0 amide bonds. The van der Waals surface area contributed by atoms with Gasteiger partial charge >= 0.3 is 0 Å². The summed E-state index contributed by atoms with van der Waals surface area (Å²) in [6, 6.07) is 8.89. The first-order chi connectivity index (χ1) is 12.3. The summed E-state index contributed by atoms with van der Waals surface area (Å²) >= 11 is 2.02. The van der Waals surface area contributed by atoms with Gasteiger partial charge in [0, 0.05) is 4.90 Å². The van der Waals surface area contributed by atoms with E-state index in [4.69, 9.17) is 0 Å². The molecule has 0 aliphatic rings. The van der Waals surface area contributed by atoms with Crippen LogP contribution in [0.4, 0.5) is 0 Å². The smallest absolute Gasteiger partial charge is 0.00745 e. The number of rotatable bonds is 17. The van der Waals surface area contributed by atoms with Gasteiger partial charge in [0.05, 0.1) is 0 Å². The van der Waals surface area contributed by atoms with E-state index in [2.05, 4.69) is 38.1 Å². The number of unbranched alkanes of at least 4 members (excludes halogenated alkanes) is 14. The molecule has 0 bridgehead atoms. The zero-order valence-corrected chi connectivity index (χ0v) is 17.8. The molecular formula is C24H42S. The zero-order valence-electron chi connectivity index (χ0n) is 17.0. The minimum Gasteiger partial charge on any atom is -0.126 e. The molecule has 0 heterocycles. The summed E-state index contributed by atoms with van der Waals surface area (Å²) in [4.78, 5) is 1.44. The lowest BCUT2D eigenvalue weighted by atomic mass is 10.0. The van der Waals surface area contributed by atoms with E-state index in [0.29, 0.717) is 0 Å². The van der Waals surface area contributed by atoms with Crippen molar-refractivity contribution in [3.05, 3.63) is 29.8 Å². The van der Waals surface area contributed by atoms with E-state index in [1.54, 1.807) is 0 Å². The molecule has 0 radical (unpaired) electrons. The molecule has 1 heteroatoms. The molecule has 0 unspecified atom stereocenters. The Morgan fingerprint density at radius 1 is 0.640 bits per heavy atom. The summed E-state index contributed by atoms with van der Waals surface area (Å²) in [5.74, 6) is 1.28. The summed E-state index contributed by atoms with van der Waals surface area (Å²) in [5.41, 5.74) is 1.38. The van der Waals surface area contributed by atoms with Crippen LogP contribution >= 0.6 is 11.8 Å². The minimum atomic E-state index is 1.28. The first kappa shape index (κ1) is 22.6. The van der Waals surface area contributed by atoms with E-state index < -0.39 is 0 Å². The first-order valence-electron chi connectivity index (χ1n) is 11.0. The summed E-state index contributed by atoms with van der Waals surface area (Å²) in [5, 5.41) is 0. The van der Waals surface area contributed by atoms with Crippen LogP contribution in [0.5, 0.6) is 0 Å². The fraction of sp³-hybridized carbons (Fsp3) is 0.750. The van der Waals surface area contributed by atoms with Crippen LogP contribution in [-0.4, -0.2) is 5.75 Å². The molecule has 0 aliphatic heterocycles. The van der Waals surface area contributed by atoms with Crippen molar-refractivity contribution in [2.24, 2.45) is 0 Å². The Morgan fingerprint density at radius 2 is 1.12 bits per heavy atom. The van der Waals surface area contributed by atoms with Crippen LogP contribution in [0.15, 0.2) is 29.2 Å². The summed E-state index contributed by atoms with van der Waals surface area (Å²) in [6.45, 7) is 4.47. The number of hydrogen-bond donors (Lipinski definition) is 0. The van der Waals surface area contributed by atoms with Gasteiger partial charge in [0.15, 0.2) is 0 Å². The van der Waals surface area contributed by atoms with E-state index in [1.165, 1.54) is 113 Å². The molecule has 0 aliphatic carbocycles. The van der Waals surface area contributed by atoms with Gasteiger partial charge in [-0.15, -0.1) is 11.8 Å². The molecular weight excluding hydrogens is 320 g/mol. The van der Waals surface area contributed by atoms with E-state index >= 15 is 0 Å². The molecule has 0 saturated carbocycles. The van der Waals surface area contributed by atoms with Crippen LogP contribution in [0.1, 0.15) is 109 Å². The summed E-state index contributed by atoms with van der Waals surface area (Å²) in [7, 11) is 0. The van der Waals surface area contributed by atoms with Crippen LogP contribution in [0.25, 0.3) is 0 Å². The second-order valence-electron chi connectivity index (χ2n) is 7.61. The maximum atomic E-state index is 2.30. The van der Waals surface area contributed by atoms with Crippen molar-refractivity contribution in [3.8, 4) is 0 Å². The number of thioether (sulfide) groups is 1. The van der Waals surface area contributed by atoms with Crippen LogP contribution in [0.2, 0.25) is 0 Å². The van der Waals surface area contributed by atoms with Crippen molar-refractivity contribution in [3.63, 3.8) is 0 Å². The molecule has 0 N–H and O–H groups in total. The van der Waals surface area contributed by atoms with Gasteiger partial charge in [0.1, 0.15) is 0 Å². The Bertz CT molecular complexity index is 399. The van der Waals surface area contributed by atoms with Crippen molar-refractivity contribution in [2.45, 2.75) is 115 Å². The van der Waals surface area contributed by atoms with Gasteiger partial charge < -0.3 is 0 Å². The number of hydrogen-bond acceptors (Lipinski definition) is 1. The molecule has 0 saturated heterocycles. The maximum absolute atomic E-state index is 2.30. The van der Waals surface area contributed by atoms with Crippen LogP contribution in [0.3, 0.4) is 0 Å².